The van der Waals surface area contributed by atoms with E-state index < -0.39 is 12.6 Å². The second-order valence-electron chi connectivity index (χ2n) is 7.42. The van der Waals surface area contributed by atoms with Crippen LogP contribution in [-0.4, -0.2) is 76.3 Å². The molecule has 0 aliphatic carbocycles. The van der Waals surface area contributed by atoms with Crippen molar-refractivity contribution in [2.75, 3.05) is 47.8 Å². The number of aliphatic hydroxyl groups is 1. The quantitative estimate of drug-likeness (QED) is 0.415. The van der Waals surface area contributed by atoms with E-state index in [-0.39, 0.29) is 37.5 Å². The monoisotopic (exact) mass is 437 g/mol. The van der Waals surface area contributed by atoms with Gasteiger partial charge in [0.2, 0.25) is 13.1 Å². The third kappa shape index (κ3) is 6.10. The minimum Gasteiger partial charge on any atom is -0.459 e. The molecule has 172 valence electrons. The van der Waals surface area contributed by atoms with Crippen molar-refractivity contribution in [3.63, 3.8) is 0 Å². The van der Waals surface area contributed by atoms with Crippen LogP contribution in [0.3, 0.4) is 0 Å². The highest BCUT2D eigenvalue weighted by Gasteiger charge is 2.31. The molecule has 9 heteroatoms. The van der Waals surface area contributed by atoms with Crippen molar-refractivity contribution in [3.8, 4) is 11.5 Å². The molecular weight excluding hydrogens is 406 g/mol. The van der Waals surface area contributed by atoms with Crippen LogP contribution in [0.15, 0.2) is 30.0 Å². The van der Waals surface area contributed by atoms with E-state index in [1.807, 2.05) is 24.3 Å². The van der Waals surface area contributed by atoms with Crippen LogP contribution in [0, 0.1) is 0 Å². The van der Waals surface area contributed by atoms with Gasteiger partial charge < -0.3 is 38.4 Å². The van der Waals surface area contributed by atoms with Crippen molar-refractivity contribution in [2.45, 2.75) is 37.8 Å². The number of benzene rings is 1. The van der Waals surface area contributed by atoms with Gasteiger partial charge in [0, 0.05) is 40.2 Å². The number of ether oxygens (including phenoxy) is 6. The average molecular weight is 437 g/mol. The molecule has 0 spiro atoms. The molecule has 1 N–H and O–H groups in total. The lowest BCUT2D eigenvalue weighted by molar-refractivity contribution is -0.158. The minimum atomic E-state index is -0.577. The van der Waals surface area contributed by atoms with Gasteiger partial charge in [-0.3, -0.25) is 4.79 Å². The van der Waals surface area contributed by atoms with Crippen LogP contribution in [0.5, 0.6) is 11.5 Å². The summed E-state index contributed by atoms with van der Waals surface area (Å²) in [4.78, 5) is 14.5. The highest BCUT2D eigenvalue weighted by molar-refractivity contribution is 5.91. The fourth-order valence-electron chi connectivity index (χ4n) is 3.46. The van der Waals surface area contributed by atoms with E-state index in [1.54, 1.807) is 7.05 Å². The Bertz CT molecular complexity index is 764. The van der Waals surface area contributed by atoms with Crippen molar-refractivity contribution in [2.24, 2.45) is 0 Å². The number of amides is 1. The number of likely N-dealkylation sites (N-methyl/N-ethyl adjacent to an activating group) is 1. The standard InChI is InChI=1S/C22H31NO8/c1-23(13-21(26-2)27-3)22(25)19-11-16(12-20(31-19)28-9-5-4-8-24)15-6-7-17-18(10-15)30-14-29-17/h6-7,10-11,16,20-21,24H,4-5,8-9,12-14H2,1-3H3. The first-order valence-corrected chi connectivity index (χ1v) is 10.4. The zero-order chi connectivity index (χ0) is 22.2. The van der Waals surface area contributed by atoms with Gasteiger partial charge in [-0.1, -0.05) is 6.07 Å². The van der Waals surface area contributed by atoms with Gasteiger partial charge in [0.25, 0.3) is 5.91 Å². The summed E-state index contributed by atoms with van der Waals surface area (Å²) in [6, 6.07) is 5.75. The summed E-state index contributed by atoms with van der Waals surface area (Å²) >= 11 is 0. The fraction of sp³-hybridized carbons (Fsp3) is 0.591. The van der Waals surface area contributed by atoms with Gasteiger partial charge in [0.05, 0.1) is 13.2 Å². The van der Waals surface area contributed by atoms with Gasteiger partial charge in [-0.05, 0) is 36.6 Å². The van der Waals surface area contributed by atoms with Crippen LogP contribution in [0.25, 0.3) is 0 Å². The SMILES string of the molecule is COC(CN(C)C(=O)C1=CC(c2ccc3c(c2)OCO3)CC(OCCCCO)O1)OC. The summed E-state index contributed by atoms with van der Waals surface area (Å²) in [5.74, 6) is 1.23. The van der Waals surface area contributed by atoms with Crippen molar-refractivity contribution < 1.29 is 38.3 Å². The molecule has 0 aromatic heterocycles. The predicted octanol–water partition coefficient (Wildman–Crippen LogP) is 2.00. The Morgan fingerprint density at radius 1 is 1.23 bits per heavy atom. The maximum absolute atomic E-state index is 13.0. The van der Waals surface area contributed by atoms with Crippen molar-refractivity contribution >= 4 is 5.91 Å². The summed E-state index contributed by atoms with van der Waals surface area (Å²) in [6.45, 7) is 1.01. The summed E-state index contributed by atoms with van der Waals surface area (Å²) in [7, 11) is 4.71. The molecule has 0 saturated carbocycles. The second-order valence-corrected chi connectivity index (χ2v) is 7.42. The van der Waals surface area contributed by atoms with Gasteiger partial charge in [0.1, 0.15) is 0 Å². The summed E-state index contributed by atoms with van der Waals surface area (Å²) < 4.78 is 33.0. The number of aliphatic hydroxyl groups excluding tert-OH is 1. The highest BCUT2D eigenvalue weighted by atomic mass is 16.7. The molecule has 2 aliphatic rings. The largest absolute Gasteiger partial charge is 0.459 e. The number of fused-ring (bicyclic) bond motifs is 1. The Hall–Kier alpha value is -2.33. The van der Waals surface area contributed by atoms with Crippen LogP contribution in [0.4, 0.5) is 0 Å². The molecule has 2 heterocycles. The molecule has 31 heavy (non-hydrogen) atoms. The summed E-state index contributed by atoms with van der Waals surface area (Å²) in [5, 5.41) is 8.97. The molecule has 9 nitrogen and oxygen atoms in total. The number of unbranched alkanes of at least 4 members (excludes halogenated alkanes) is 1. The number of methoxy groups -OCH3 is 2. The number of allylic oxidation sites excluding steroid dienone is 1. The molecule has 0 fully saturated rings. The number of carbonyl (C=O) groups is 1. The van der Waals surface area contributed by atoms with Crippen molar-refractivity contribution in [1.82, 2.24) is 4.90 Å². The van der Waals surface area contributed by atoms with E-state index in [0.717, 1.165) is 5.56 Å². The van der Waals surface area contributed by atoms with E-state index in [9.17, 15) is 4.79 Å². The molecule has 0 radical (unpaired) electrons. The van der Waals surface area contributed by atoms with Crippen LogP contribution in [0.2, 0.25) is 0 Å². The average Bonchev–Trinajstić information content (AvgIpc) is 3.27. The molecule has 2 unspecified atom stereocenters. The second kappa shape index (κ2) is 11.3. The Labute approximate surface area is 182 Å². The van der Waals surface area contributed by atoms with E-state index in [2.05, 4.69) is 0 Å². The van der Waals surface area contributed by atoms with E-state index in [4.69, 9.17) is 33.5 Å². The van der Waals surface area contributed by atoms with E-state index >= 15 is 0 Å². The maximum atomic E-state index is 13.0. The molecular formula is C22H31NO8. The number of hydrogen-bond donors (Lipinski definition) is 1. The van der Waals surface area contributed by atoms with Crippen LogP contribution >= 0.6 is 0 Å². The zero-order valence-corrected chi connectivity index (χ0v) is 18.2. The first-order chi connectivity index (χ1) is 15.0. The smallest absolute Gasteiger partial charge is 0.288 e. The molecule has 2 atom stereocenters. The predicted molar refractivity (Wildman–Crippen MR) is 111 cm³/mol. The van der Waals surface area contributed by atoms with E-state index in [0.29, 0.717) is 37.4 Å². The van der Waals surface area contributed by atoms with Gasteiger partial charge in [-0.15, -0.1) is 0 Å². The molecule has 2 aliphatic heterocycles. The number of hydrogen-bond acceptors (Lipinski definition) is 8. The maximum Gasteiger partial charge on any atom is 0.288 e. The molecule has 0 saturated heterocycles. The highest BCUT2D eigenvalue weighted by Crippen LogP contribution is 2.38. The third-order valence-electron chi connectivity index (χ3n) is 5.24. The number of rotatable bonds is 11. The Kier molecular flexibility index (Phi) is 8.53. The topological polar surface area (TPSA) is 95.9 Å². The molecule has 1 aromatic rings. The van der Waals surface area contributed by atoms with Gasteiger partial charge >= 0.3 is 0 Å². The zero-order valence-electron chi connectivity index (χ0n) is 18.2. The molecule has 3 rings (SSSR count). The number of nitrogens with zero attached hydrogens (tertiary/aromatic N) is 1. The summed E-state index contributed by atoms with van der Waals surface area (Å²) in [5.41, 5.74) is 0.983. The summed E-state index contributed by atoms with van der Waals surface area (Å²) in [6.07, 6.45) is 2.62. The molecule has 0 bridgehead atoms. The Morgan fingerprint density at radius 3 is 2.74 bits per heavy atom. The molecule has 1 aromatic carbocycles. The van der Waals surface area contributed by atoms with Crippen LogP contribution in [0.1, 0.15) is 30.7 Å². The third-order valence-corrected chi connectivity index (χ3v) is 5.24. The Balaban J connectivity index is 1.77. The van der Waals surface area contributed by atoms with Gasteiger partial charge in [-0.25, -0.2) is 0 Å². The van der Waals surface area contributed by atoms with E-state index in [1.165, 1.54) is 19.1 Å². The van der Waals surface area contributed by atoms with Crippen LogP contribution in [-0.2, 0) is 23.7 Å². The van der Waals surface area contributed by atoms with Gasteiger partial charge in [0.15, 0.2) is 23.5 Å². The van der Waals surface area contributed by atoms with Crippen molar-refractivity contribution in [3.05, 3.63) is 35.6 Å². The normalized spacial score (nSPS) is 19.8. The van der Waals surface area contributed by atoms with Crippen molar-refractivity contribution in [1.29, 1.82) is 0 Å². The molecule has 1 amide bonds. The van der Waals surface area contributed by atoms with Crippen LogP contribution < -0.4 is 9.47 Å². The van der Waals surface area contributed by atoms with Gasteiger partial charge in [-0.2, -0.15) is 0 Å². The number of carbonyl (C=O) groups excluding carboxylic acids is 1. The minimum absolute atomic E-state index is 0.0981. The first kappa shape index (κ1) is 23.3. The lowest BCUT2D eigenvalue weighted by atomic mass is 9.92. The first-order valence-electron chi connectivity index (χ1n) is 10.4. The Morgan fingerprint density at radius 2 is 2.00 bits per heavy atom. The lowest BCUT2D eigenvalue weighted by Crippen LogP contribution is -2.39. The lowest BCUT2D eigenvalue weighted by Gasteiger charge is -2.31. The fourth-order valence-corrected chi connectivity index (χ4v) is 3.46.